The van der Waals surface area contributed by atoms with Crippen LogP contribution in [-0.2, 0) is 5.41 Å². The van der Waals surface area contributed by atoms with E-state index >= 15 is 0 Å². The maximum absolute atomic E-state index is 2.85. The highest BCUT2D eigenvalue weighted by Gasteiger charge is 2.35. The van der Waals surface area contributed by atoms with E-state index in [1.54, 1.807) is 0 Å². The lowest BCUT2D eigenvalue weighted by molar-refractivity contribution is 0.516. The van der Waals surface area contributed by atoms with E-state index in [1.807, 2.05) is 0 Å². The van der Waals surface area contributed by atoms with Crippen LogP contribution in [0.4, 0.5) is 0 Å². The first-order valence-corrected chi connectivity index (χ1v) is 10.1. The maximum Gasteiger partial charge on any atom is 0.0451 e. The monoisotopic (exact) mass is 346 g/mol. The fourth-order valence-corrected chi connectivity index (χ4v) is 4.10. The molecule has 0 bridgehead atoms. The molecule has 25 heavy (non-hydrogen) atoms. The van der Waals surface area contributed by atoms with E-state index in [4.69, 9.17) is 0 Å². The van der Waals surface area contributed by atoms with Crippen LogP contribution in [0.2, 0.25) is 0 Å². The average molecular weight is 346 g/mol. The summed E-state index contributed by atoms with van der Waals surface area (Å²) in [5.41, 5.74) is 4.08. The summed E-state index contributed by atoms with van der Waals surface area (Å²) >= 11 is 0. The third-order valence-corrected chi connectivity index (χ3v) is 5.46. The highest BCUT2D eigenvalue weighted by Crippen LogP contribution is 2.43. The maximum atomic E-state index is 2.85. The lowest BCUT2D eigenvalue weighted by Gasteiger charge is -2.36. The van der Waals surface area contributed by atoms with Gasteiger partial charge in [0.25, 0.3) is 0 Å². The van der Waals surface area contributed by atoms with Crippen LogP contribution in [0, 0.1) is 0 Å². The number of benzene rings is 3. The Labute approximate surface area is 154 Å². The Bertz CT molecular complexity index is 638. The van der Waals surface area contributed by atoms with Crippen LogP contribution < -0.4 is 0 Å². The summed E-state index contributed by atoms with van der Waals surface area (Å²) in [6.45, 7) is 0. The van der Waals surface area contributed by atoms with Gasteiger partial charge in [0.05, 0.1) is 0 Å². The molecule has 3 rings (SSSR count). The molecular weight excluding hydrogens is 319 g/mol. The van der Waals surface area contributed by atoms with Crippen molar-refractivity contribution < 1.29 is 0 Å². The molecule has 0 aromatic heterocycles. The molecule has 1 heteroatoms. The summed E-state index contributed by atoms with van der Waals surface area (Å²) in [6.07, 6.45) is 6.11. The summed E-state index contributed by atoms with van der Waals surface area (Å²) in [6, 6.07) is 33.0. The van der Waals surface area contributed by atoms with Crippen molar-refractivity contribution in [2.24, 2.45) is 0 Å². The zero-order valence-corrected chi connectivity index (χ0v) is 15.9. The zero-order chi connectivity index (χ0) is 17.4. The second-order valence-corrected chi connectivity index (χ2v) is 7.18. The molecule has 0 aliphatic rings. The molecule has 0 spiro atoms. The molecule has 0 N–H and O–H groups in total. The summed E-state index contributed by atoms with van der Waals surface area (Å²) in [4.78, 5) is 0. The highest BCUT2D eigenvalue weighted by molar-refractivity contribution is 7.16. The molecular formula is C24H27P. The first-order valence-electron chi connectivity index (χ1n) is 9.24. The van der Waals surface area contributed by atoms with Crippen LogP contribution in [0.15, 0.2) is 91.0 Å². The first-order chi connectivity index (χ1) is 12.4. The molecule has 128 valence electrons. The van der Waals surface area contributed by atoms with Gasteiger partial charge >= 0.3 is 0 Å². The number of hydrogen-bond acceptors (Lipinski definition) is 0. The van der Waals surface area contributed by atoms with Gasteiger partial charge < -0.3 is 0 Å². The topological polar surface area (TPSA) is 0 Å². The minimum Gasteiger partial charge on any atom is -0.138 e. The first kappa shape index (κ1) is 17.9. The van der Waals surface area contributed by atoms with Gasteiger partial charge in [0.2, 0.25) is 0 Å². The van der Waals surface area contributed by atoms with Crippen LogP contribution in [-0.4, -0.2) is 6.16 Å². The molecule has 3 aromatic rings. The molecule has 0 fully saturated rings. The van der Waals surface area contributed by atoms with Crippen molar-refractivity contribution in [3.8, 4) is 0 Å². The number of rotatable bonds is 8. The van der Waals surface area contributed by atoms with Crippen LogP contribution in [0.25, 0.3) is 0 Å². The Hall–Kier alpha value is -1.91. The van der Waals surface area contributed by atoms with Crippen LogP contribution in [0.3, 0.4) is 0 Å². The van der Waals surface area contributed by atoms with E-state index in [2.05, 4.69) is 100 Å². The highest BCUT2D eigenvalue weighted by atomic mass is 31.0. The van der Waals surface area contributed by atoms with Gasteiger partial charge in [0, 0.05) is 5.41 Å². The third-order valence-electron chi connectivity index (χ3n) is 5.06. The Balaban J connectivity index is 2.13. The van der Waals surface area contributed by atoms with Crippen molar-refractivity contribution in [1.29, 1.82) is 0 Å². The van der Waals surface area contributed by atoms with Gasteiger partial charge in [-0.05, 0) is 35.7 Å². The fourth-order valence-electron chi connectivity index (χ4n) is 3.81. The van der Waals surface area contributed by atoms with Crippen LogP contribution in [0.1, 0.15) is 42.4 Å². The predicted octanol–water partition coefficient (Wildman–Crippen LogP) is 6.46. The minimum atomic E-state index is -0.0787. The molecule has 0 aliphatic carbocycles. The molecule has 0 aliphatic heterocycles. The summed E-state index contributed by atoms with van der Waals surface area (Å²) in [5.74, 6) is 0. The zero-order valence-electron chi connectivity index (χ0n) is 14.8. The van der Waals surface area contributed by atoms with Gasteiger partial charge in [-0.1, -0.05) is 104 Å². The van der Waals surface area contributed by atoms with Crippen LogP contribution >= 0.6 is 9.24 Å². The Morgan fingerprint density at radius 1 is 0.520 bits per heavy atom. The van der Waals surface area contributed by atoms with Crippen molar-refractivity contribution in [3.63, 3.8) is 0 Å². The van der Waals surface area contributed by atoms with Crippen molar-refractivity contribution in [1.82, 2.24) is 0 Å². The largest absolute Gasteiger partial charge is 0.138 e. The normalized spacial score (nSPS) is 11.4. The van der Waals surface area contributed by atoms with Gasteiger partial charge in [0.15, 0.2) is 0 Å². The standard InChI is InChI=1S/C24H27P/c25-20-12-4-11-19-24(21-13-5-1-6-14-21,22-15-7-2-8-16-22)23-17-9-3-10-18-23/h1-3,5-10,13-18H,4,11-12,19-20,25H2. The van der Waals surface area contributed by atoms with Crippen molar-refractivity contribution in [2.45, 2.75) is 31.1 Å². The SMILES string of the molecule is PCCCCCC(c1ccccc1)(c1ccccc1)c1ccccc1. The van der Waals surface area contributed by atoms with Gasteiger partial charge in [-0.3, -0.25) is 0 Å². The molecule has 0 saturated carbocycles. The minimum absolute atomic E-state index is 0.0787. The summed E-state index contributed by atoms with van der Waals surface area (Å²) in [7, 11) is 2.85. The van der Waals surface area contributed by atoms with E-state index in [0.29, 0.717) is 0 Å². The Morgan fingerprint density at radius 2 is 0.920 bits per heavy atom. The van der Waals surface area contributed by atoms with Crippen molar-refractivity contribution in [3.05, 3.63) is 108 Å². The fraction of sp³-hybridized carbons (Fsp3) is 0.250. The van der Waals surface area contributed by atoms with E-state index in [1.165, 1.54) is 42.1 Å². The summed E-state index contributed by atoms with van der Waals surface area (Å²) < 4.78 is 0. The lowest BCUT2D eigenvalue weighted by atomic mass is 9.66. The number of unbranched alkanes of at least 4 members (excludes halogenated alkanes) is 2. The van der Waals surface area contributed by atoms with Gasteiger partial charge in [-0.15, -0.1) is 9.24 Å². The van der Waals surface area contributed by atoms with Gasteiger partial charge in [-0.2, -0.15) is 0 Å². The summed E-state index contributed by atoms with van der Waals surface area (Å²) in [5, 5.41) is 0. The Morgan fingerprint density at radius 3 is 1.28 bits per heavy atom. The van der Waals surface area contributed by atoms with Crippen LogP contribution in [0.5, 0.6) is 0 Å². The van der Waals surface area contributed by atoms with E-state index in [-0.39, 0.29) is 5.41 Å². The molecule has 0 heterocycles. The molecule has 0 saturated heterocycles. The van der Waals surface area contributed by atoms with E-state index in [0.717, 1.165) is 6.42 Å². The molecule has 0 amide bonds. The molecule has 1 atom stereocenters. The number of hydrogen-bond donors (Lipinski definition) is 0. The molecule has 1 unspecified atom stereocenters. The van der Waals surface area contributed by atoms with Crippen molar-refractivity contribution >= 4 is 9.24 Å². The smallest absolute Gasteiger partial charge is 0.0451 e. The predicted molar refractivity (Wildman–Crippen MR) is 112 cm³/mol. The van der Waals surface area contributed by atoms with Gasteiger partial charge in [-0.25, -0.2) is 0 Å². The Kier molecular flexibility index (Phi) is 6.42. The van der Waals surface area contributed by atoms with Gasteiger partial charge in [0.1, 0.15) is 0 Å². The van der Waals surface area contributed by atoms with E-state index < -0.39 is 0 Å². The molecule has 0 radical (unpaired) electrons. The average Bonchev–Trinajstić information content (AvgIpc) is 2.70. The second kappa shape index (κ2) is 8.97. The quantitative estimate of drug-likeness (QED) is 0.249. The third kappa shape index (κ3) is 4.02. The van der Waals surface area contributed by atoms with Crippen molar-refractivity contribution in [2.75, 3.05) is 6.16 Å². The molecule has 3 aromatic carbocycles. The lowest BCUT2D eigenvalue weighted by Crippen LogP contribution is -2.29. The van der Waals surface area contributed by atoms with E-state index in [9.17, 15) is 0 Å². The molecule has 0 nitrogen and oxygen atoms in total. The second-order valence-electron chi connectivity index (χ2n) is 6.60.